The average molecular weight is 179 g/mol. The molecule has 0 aliphatic heterocycles. The van der Waals surface area contributed by atoms with Crippen molar-refractivity contribution in [2.24, 2.45) is 16.8 Å². The van der Waals surface area contributed by atoms with Gasteiger partial charge in [-0.25, -0.2) is 5.84 Å². The molecule has 0 saturated heterocycles. The molecule has 5 heteroatoms. The molecule has 0 aliphatic carbocycles. The zero-order valence-corrected chi connectivity index (χ0v) is 8.33. The van der Waals surface area contributed by atoms with Gasteiger partial charge in [-0.1, -0.05) is 27.7 Å². The van der Waals surface area contributed by atoms with Gasteiger partial charge in [0.05, 0.1) is 0 Å². The molecule has 0 saturated carbocycles. The van der Waals surface area contributed by atoms with Crippen molar-refractivity contribution in [3.05, 3.63) is 0 Å². The van der Waals surface area contributed by atoms with Crippen molar-refractivity contribution in [2.45, 2.75) is 39.8 Å². The molecule has 0 aliphatic rings. The Kier molecular flexibility index (Phi) is 11.7. The lowest BCUT2D eigenvalue weighted by atomic mass is 10.3. The number of nitrogens with two attached hydrogens (primary N) is 2. The summed E-state index contributed by atoms with van der Waals surface area (Å²) in [6.45, 7) is 8.61. The highest BCUT2D eigenvalue weighted by Gasteiger charge is 1.92. The van der Waals surface area contributed by atoms with Crippen LogP contribution < -0.4 is 22.4 Å². The number of hydrogen-bond donors (Lipinski definition) is 4. The molecule has 0 aromatic rings. The van der Waals surface area contributed by atoms with Gasteiger partial charge in [-0.15, -0.1) is 0 Å². The summed E-state index contributed by atoms with van der Waals surface area (Å²) in [7, 11) is 0. The first-order valence-corrected chi connectivity index (χ1v) is 3.98. The van der Waals surface area contributed by atoms with Crippen LogP contribution in [0.25, 0.3) is 0 Å². The van der Waals surface area contributed by atoms with Crippen LogP contribution in [0.5, 0.6) is 0 Å². The van der Waals surface area contributed by atoms with Gasteiger partial charge in [0, 0.05) is 14.9 Å². The molecule has 0 spiro atoms. The van der Waals surface area contributed by atoms with E-state index in [9.17, 15) is 0 Å². The summed E-state index contributed by atoms with van der Waals surface area (Å²) in [4.78, 5) is 0. The molecule has 0 amide bonds. The van der Waals surface area contributed by atoms with E-state index in [4.69, 9.17) is 0 Å². The molecule has 6 N–H and O–H groups in total. The van der Waals surface area contributed by atoms with Gasteiger partial charge in [0.2, 0.25) is 0 Å². The molecule has 0 radical (unpaired) electrons. The molecule has 0 rings (SSSR count). The number of hydrazone groups is 1. The molecule has 0 bridgehead atoms. The van der Waals surface area contributed by atoms with E-state index in [1.54, 1.807) is 0 Å². The van der Waals surface area contributed by atoms with Crippen LogP contribution in [-0.4, -0.2) is 18.4 Å². The normalized spacial score (nSPS) is 10.2. The van der Waals surface area contributed by atoms with Gasteiger partial charge in [0.1, 0.15) is 6.34 Å². The third-order valence-corrected chi connectivity index (χ3v) is 0.816. The second-order valence-corrected chi connectivity index (χ2v) is 2.92. The standard InChI is InChI=1S/C6H15N.CH6N4.2H2/c1-5(2)7-6(3)4;2-4-1-5-3;;/h5-7H,1-4H3;1H,2-3H2,(H,4,5);2*1H. The van der Waals surface area contributed by atoms with E-state index < -0.39 is 0 Å². The molecule has 5 nitrogen and oxygen atoms in total. The molecule has 0 unspecified atom stereocenters. The number of nitrogens with zero attached hydrogens (tertiary/aromatic N) is 1. The fraction of sp³-hybridized carbons (Fsp3) is 0.857. The second-order valence-electron chi connectivity index (χ2n) is 2.92. The second kappa shape index (κ2) is 10.2. The monoisotopic (exact) mass is 179 g/mol. The average Bonchev–Trinajstić information content (AvgIpc) is 1.87. The predicted octanol–water partition coefficient (Wildman–Crippen LogP) is 0.237. The lowest BCUT2D eigenvalue weighted by molar-refractivity contribution is 0.518. The van der Waals surface area contributed by atoms with Crippen molar-refractivity contribution >= 4 is 6.34 Å². The zero-order valence-electron chi connectivity index (χ0n) is 8.33. The van der Waals surface area contributed by atoms with Gasteiger partial charge >= 0.3 is 0 Å². The van der Waals surface area contributed by atoms with Crippen LogP contribution in [0.4, 0.5) is 0 Å². The van der Waals surface area contributed by atoms with Crippen molar-refractivity contribution in [3.63, 3.8) is 0 Å². The third kappa shape index (κ3) is 22.9. The Morgan fingerprint density at radius 2 is 1.67 bits per heavy atom. The molecule has 78 valence electrons. The number of nitrogens with one attached hydrogen (secondary N) is 2. The summed E-state index contributed by atoms with van der Waals surface area (Å²) >= 11 is 0. The lowest BCUT2D eigenvalue weighted by Crippen LogP contribution is -2.29. The molecule has 0 aromatic heterocycles. The van der Waals surface area contributed by atoms with Gasteiger partial charge in [-0.2, -0.15) is 5.10 Å². The van der Waals surface area contributed by atoms with E-state index in [1.807, 2.05) is 0 Å². The summed E-state index contributed by atoms with van der Waals surface area (Å²) in [5.74, 6) is 9.23. The van der Waals surface area contributed by atoms with Crippen LogP contribution >= 0.6 is 0 Å². The Morgan fingerprint density at radius 1 is 1.25 bits per heavy atom. The molecule has 12 heavy (non-hydrogen) atoms. The summed E-state index contributed by atoms with van der Waals surface area (Å²) in [5.41, 5.74) is 2.10. The molecular weight excluding hydrogens is 154 g/mol. The molecule has 0 heterocycles. The summed E-state index contributed by atoms with van der Waals surface area (Å²) in [6, 6.07) is 1.25. The minimum absolute atomic E-state index is 0. The minimum atomic E-state index is 0. The van der Waals surface area contributed by atoms with Crippen LogP contribution in [0.3, 0.4) is 0 Å². The van der Waals surface area contributed by atoms with E-state index >= 15 is 0 Å². The summed E-state index contributed by atoms with van der Waals surface area (Å²) in [6.07, 6.45) is 1.18. The van der Waals surface area contributed by atoms with Crippen LogP contribution in [0.1, 0.15) is 30.5 Å². The minimum Gasteiger partial charge on any atom is -0.322 e. The van der Waals surface area contributed by atoms with Crippen LogP contribution in [0.15, 0.2) is 5.10 Å². The summed E-state index contributed by atoms with van der Waals surface area (Å²) in [5, 5.41) is 6.30. The van der Waals surface area contributed by atoms with Gasteiger partial charge in [0.15, 0.2) is 0 Å². The van der Waals surface area contributed by atoms with Crippen molar-refractivity contribution in [2.75, 3.05) is 0 Å². The zero-order chi connectivity index (χ0) is 9.98. The molecule has 0 fully saturated rings. The Labute approximate surface area is 77.5 Å². The first-order valence-electron chi connectivity index (χ1n) is 3.98. The van der Waals surface area contributed by atoms with Crippen molar-refractivity contribution in [3.8, 4) is 0 Å². The quantitative estimate of drug-likeness (QED) is 0.216. The fourth-order valence-electron chi connectivity index (χ4n) is 0.710. The lowest BCUT2D eigenvalue weighted by Gasteiger charge is -2.10. The maximum atomic E-state index is 4.66. The molecule has 0 aromatic carbocycles. The Hall–Kier alpha value is -0.810. The Balaban J connectivity index is -0.0000000651. The van der Waals surface area contributed by atoms with E-state index in [2.05, 4.69) is 55.2 Å². The first-order chi connectivity index (χ1) is 5.54. The van der Waals surface area contributed by atoms with Crippen LogP contribution in [-0.2, 0) is 0 Å². The Morgan fingerprint density at radius 3 is 1.67 bits per heavy atom. The summed E-state index contributed by atoms with van der Waals surface area (Å²) < 4.78 is 0. The maximum absolute atomic E-state index is 4.66. The highest BCUT2D eigenvalue weighted by Crippen LogP contribution is 1.80. The van der Waals surface area contributed by atoms with Gasteiger partial charge < -0.3 is 16.6 Å². The topological polar surface area (TPSA) is 88.5 Å². The highest BCUT2D eigenvalue weighted by atomic mass is 15.3. The van der Waals surface area contributed by atoms with Crippen LogP contribution in [0, 0.1) is 0 Å². The third-order valence-electron chi connectivity index (χ3n) is 0.816. The molecular formula is C7H25N5. The number of hydrogen-bond acceptors (Lipinski definition) is 4. The number of hydrazine groups is 1. The van der Waals surface area contributed by atoms with Crippen LogP contribution in [0.2, 0.25) is 0 Å². The van der Waals surface area contributed by atoms with E-state index in [1.165, 1.54) is 6.34 Å². The number of rotatable bonds is 3. The fourth-order valence-corrected chi connectivity index (χ4v) is 0.710. The van der Waals surface area contributed by atoms with Gasteiger partial charge in [-0.05, 0) is 0 Å². The smallest absolute Gasteiger partial charge is 0.122 e. The largest absolute Gasteiger partial charge is 0.322 e. The van der Waals surface area contributed by atoms with Gasteiger partial charge in [-0.3, -0.25) is 0 Å². The Bertz CT molecular complexity index is 102. The maximum Gasteiger partial charge on any atom is 0.122 e. The first kappa shape index (κ1) is 13.8. The van der Waals surface area contributed by atoms with Crippen molar-refractivity contribution in [1.29, 1.82) is 0 Å². The van der Waals surface area contributed by atoms with Gasteiger partial charge in [0.25, 0.3) is 0 Å². The SMILES string of the molecule is CC(C)NC(C)C.N/N=C\NN.[HH].[HH]. The van der Waals surface area contributed by atoms with E-state index in [0.717, 1.165) is 0 Å². The van der Waals surface area contributed by atoms with Crippen molar-refractivity contribution in [1.82, 2.24) is 10.7 Å². The van der Waals surface area contributed by atoms with E-state index in [0.29, 0.717) is 12.1 Å². The highest BCUT2D eigenvalue weighted by molar-refractivity contribution is 5.52. The van der Waals surface area contributed by atoms with E-state index in [-0.39, 0.29) is 2.85 Å². The molecule has 0 atom stereocenters. The van der Waals surface area contributed by atoms with Crippen molar-refractivity contribution < 1.29 is 2.85 Å². The predicted molar refractivity (Wildman–Crippen MR) is 57.6 cm³/mol.